The first kappa shape index (κ1) is 16.9. The van der Waals surface area contributed by atoms with Gasteiger partial charge in [-0.25, -0.2) is 4.39 Å². The van der Waals surface area contributed by atoms with Crippen molar-refractivity contribution < 1.29 is 14.0 Å². The number of hydrogen-bond acceptors (Lipinski definition) is 3. The van der Waals surface area contributed by atoms with E-state index in [-0.39, 0.29) is 30.1 Å². The molecule has 0 aliphatic carbocycles. The number of benzene rings is 1. The molecule has 2 amide bonds. The molecule has 1 aliphatic rings. The highest BCUT2D eigenvalue weighted by atomic mass is 19.1. The second-order valence-electron chi connectivity index (χ2n) is 5.68. The predicted octanol–water partition coefficient (Wildman–Crippen LogP) is 1.78. The molecule has 5 nitrogen and oxygen atoms in total. The van der Waals surface area contributed by atoms with Crippen molar-refractivity contribution in [1.82, 2.24) is 10.2 Å². The van der Waals surface area contributed by atoms with Crippen molar-refractivity contribution in [2.75, 3.05) is 13.1 Å². The minimum atomic E-state index is -0.277. The lowest BCUT2D eigenvalue weighted by Gasteiger charge is -2.32. The van der Waals surface area contributed by atoms with Crippen molar-refractivity contribution in [2.45, 2.75) is 38.1 Å². The van der Waals surface area contributed by atoms with E-state index in [0.29, 0.717) is 38.8 Å². The zero-order chi connectivity index (χ0) is 16.7. The van der Waals surface area contributed by atoms with E-state index in [0.717, 1.165) is 5.56 Å². The highest BCUT2D eigenvalue weighted by molar-refractivity contribution is 5.78. The Bertz CT molecular complexity index is 587. The molecule has 0 aromatic heterocycles. The van der Waals surface area contributed by atoms with Gasteiger partial charge in [0.2, 0.25) is 11.8 Å². The van der Waals surface area contributed by atoms with Crippen LogP contribution in [0.4, 0.5) is 4.39 Å². The van der Waals surface area contributed by atoms with Gasteiger partial charge in [0.25, 0.3) is 0 Å². The molecular formula is C17H20FN3O2. The quantitative estimate of drug-likeness (QED) is 0.899. The van der Waals surface area contributed by atoms with E-state index in [1.807, 2.05) is 6.07 Å². The van der Waals surface area contributed by atoms with E-state index in [4.69, 9.17) is 5.26 Å². The summed E-state index contributed by atoms with van der Waals surface area (Å²) in [7, 11) is 0. The Hall–Kier alpha value is -2.42. The average Bonchev–Trinajstić information content (AvgIpc) is 2.55. The number of halogens is 1. The Kier molecular flexibility index (Phi) is 6.10. The van der Waals surface area contributed by atoms with Crippen LogP contribution in [-0.4, -0.2) is 35.8 Å². The highest BCUT2D eigenvalue weighted by Gasteiger charge is 2.23. The van der Waals surface area contributed by atoms with Gasteiger partial charge in [0.1, 0.15) is 12.2 Å². The van der Waals surface area contributed by atoms with Crippen LogP contribution < -0.4 is 5.32 Å². The first-order valence-electron chi connectivity index (χ1n) is 7.77. The molecule has 23 heavy (non-hydrogen) atoms. The molecule has 0 spiro atoms. The fraction of sp³-hybridized carbons (Fsp3) is 0.471. The molecule has 1 saturated heterocycles. The van der Waals surface area contributed by atoms with Crippen LogP contribution in [0.15, 0.2) is 24.3 Å². The molecule has 6 heteroatoms. The minimum Gasteiger partial charge on any atom is -0.352 e. The zero-order valence-electron chi connectivity index (χ0n) is 12.9. The fourth-order valence-corrected chi connectivity index (χ4v) is 2.68. The number of amides is 2. The topological polar surface area (TPSA) is 73.2 Å². The van der Waals surface area contributed by atoms with Crippen molar-refractivity contribution in [2.24, 2.45) is 0 Å². The number of nitrogens with one attached hydrogen (secondary N) is 1. The normalized spacial score (nSPS) is 15.0. The average molecular weight is 317 g/mol. The van der Waals surface area contributed by atoms with Crippen molar-refractivity contribution in [3.8, 4) is 6.07 Å². The van der Waals surface area contributed by atoms with Crippen LogP contribution in [0, 0.1) is 17.1 Å². The Morgan fingerprint density at radius 2 is 1.91 bits per heavy atom. The summed E-state index contributed by atoms with van der Waals surface area (Å²) in [6, 6.07) is 8.04. The SMILES string of the molecule is N#CCC(=O)NC1CCN(C(=O)CCc2ccc(F)cc2)CC1. The Balaban J connectivity index is 1.72. The lowest BCUT2D eigenvalue weighted by atomic mass is 10.0. The van der Waals surface area contributed by atoms with E-state index < -0.39 is 0 Å². The lowest BCUT2D eigenvalue weighted by Crippen LogP contribution is -2.46. The number of hydrogen-bond donors (Lipinski definition) is 1. The summed E-state index contributed by atoms with van der Waals surface area (Å²) < 4.78 is 12.8. The Morgan fingerprint density at radius 3 is 2.52 bits per heavy atom. The standard InChI is InChI=1S/C17H20FN3O2/c18-14-4-1-13(2-5-14)3-6-17(23)21-11-8-15(9-12-21)20-16(22)7-10-19/h1-2,4-5,15H,3,6-9,11-12H2,(H,20,22). The van der Waals surface area contributed by atoms with Gasteiger partial charge in [-0.05, 0) is 37.0 Å². The van der Waals surface area contributed by atoms with Crippen LogP contribution in [0.2, 0.25) is 0 Å². The molecule has 0 atom stereocenters. The molecule has 1 fully saturated rings. The van der Waals surface area contributed by atoms with E-state index in [2.05, 4.69) is 5.32 Å². The summed E-state index contributed by atoms with van der Waals surface area (Å²) in [4.78, 5) is 25.4. The number of aryl methyl sites for hydroxylation is 1. The van der Waals surface area contributed by atoms with Crippen molar-refractivity contribution >= 4 is 11.8 Å². The summed E-state index contributed by atoms with van der Waals surface area (Å²) in [5, 5.41) is 11.3. The van der Waals surface area contributed by atoms with Gasteiger partial charge in [0, 0.05) is 25.6 Å². The smallest absolute Gasteiger partial charge is 0.234 e. The van der Waals surface area contributed by atoms with Crippen LogP contribution >= 0.6 is 0 Å². The molecule has 2 rings (SSSR count). The van der Waals surface area contributed by atoms with Gasteiger partial charge < -0.3 is 10.2 Å². The summed E-state index contributed by atoms with van der Waals surface area (Å²) in [5.74, 6) is -0.453. The molecule has 0 bridgehead atoms. The molecule has 1 aliphatic heterocycles. The second kappa shape index (κ2) is 8.28. The van der Waals surface area contributed by atoms with Crippen LogP contribution in [0.1, 0.15) is 31.2 Å². The number of likely N-dealkylation sites (tertiary alicyclic amines) is 1. The van der Waals surface area contributed by atoms with E-state index in [1.165, 1.54) is 12.1 Å². The lowest BCUT2D eigenvalue weighted by molar-refractivity contribution is -0.132. The number of nitrogens with zero attached hydrogens (tertiary/aromatic N) is 2. The third-order valence-corrected chi connectivity index (χ3v) is 3.99. The number of carbonyl (C=O) groups is 2. The van der Waals surface area contributed by atoms with Crippen LogP contribution in [0.5, 0.6) is 0 Å². The molecule has 0 saturated carbocycles. The molecular weight excluding hydrogens is 297 g/mol. The molecule has 1 N–H and O–H groups in total. The molecule has 0 unspecified atom stereocenters. The number of rotatable bonds is 5. The van der Waals surface area contributed by atoms with E-state index >= 15 is 0 Å². The number of nitriles is 1. The van der Waals surface area contributed by atoms with Crippen LogP contribution in [-0.2, 0) is 16.0 Å². The maximum Gasteiger partial charge on any atom is 0.234 e. The zero-order valence-corrected chi connectivity index (χ0v) is 12.9. The maximum absolute atomic E-state index is 12.8. The summed E-state index contributed by atoms with van der Waals surface area (Å²) in [5.41, 5.74) is 0.943. The first-order valence-corrected chi connectivity index (χ1v) is 7.77. The molecule has 0 radical (unpaired) electrons. The van der Waals surface area contributed by atoms with Gasteiger partial charge >= 0.3 is 0 Å². The Labute approximate surface area is 135 Å². The predicted molar refractivity (Wildman–Crippen MR) is 82.7 cm³/mol. The van der Waals surface area contributed by atoms with Gasteiger partial charge in [-0.1, -0.05) is 12.1 Å². The van der Waals surface area contributed by atoms with E-state index in [9.17, 15) is 14.0 Å². The second-order valence-corrected chi connectivity index (χ2v) is 5.68. The third kappa shape index (κ3) is 5.37. The monoisotopic (exact) mass is 317 g/mol. The minimum absolute atomic E-state index is 0.0389. The Morgan fingerprint density at radius 1 is 1.26 bits per heavy atom. The number of carbonyl (C=O) groups excluding carboxylic acids is 2. The molecule has 122 valence electrons. The van der Waals surface area contributed by atoms with Crippen molar-refractivity contribution in [1.29, 1.82) is 5.26 Å². The van der Waals surface area contributed by atoms with Gasteiger partial charge in [-0.15, -0.1) is 0 Å². The van der Waals surface area contributed by atoms with Gasteiger partial charge in [0.05, 0.1) is 6.07 Å². The van der Waals surface area contributed by atoms with Crippen molar-refractivity contribution in [3.05, 3.63) is 35.6 Å². The molecule has 1 heterocycles. The third-order valence-electron chi connectivity index (χ3n) is 3.99. The highest BCUT2D eigenvalue weighted by Crippen LogP contribution is 2.13. The first-order chi connectivity index (χ1) is 11.1. The van der Waals surface area contributed by atoms with Gasteiger partial charge in [-0.3, -0.25) is 9.59 Å². The number of piperidine rings is 1. The van der Waals surface area contributed by atoms with Gasteiger partial charge in [0.15, 0.2) is 0 Å². The summed E-state index contributed by atoms with van der Waals surface area (Å²) in [6.07, 6.45) is 2.28. The fourth-order valence-electron chi connectivity index (χ4n) is 2.68. The van der Waals surface area contributed by atoms with E-state index in [1.54, 1.807) is 17.0 Å². The van der Waals surface area contributed by atoms with Crippen LogP contribution in [0.25, 0.3) is 0 Å². The van der Waals surface area contributed by atoms with Gasteiger partial charge in [-0.2, -0.15) is 5.26 Å². The van der Waals surface area contributed by atoms with Crippen LogP contribution in [0.3, 0.4) is 0 Å². The molecule has 1 aromatic carbocycles. The summed E-state index contributed by atoms with van der Waals surface area (Å²) >= 11 is 0. The maximum atomic E-state index is 12.8. The summed E-state index contributed by atoms with van der Waals surface area (Å²) in [6.45, 7) is 1.22. The molecule has 1 aromatic rings. The largest absolute Gasteiger partial charge is 0.352 e. The van der Waals surface area contributed by atoms with Crippen molar-refractivity contribution in [3.63, 3.8) is 0 Å².